The fourth-order valence-electron chi connectivity index (χ4n) is 3.66. The fraction of sp³-hybridized carbons (Fsp3) is 0.579. The molecule has 1 aromatic rings. The van der Waals surface area contributed by atoms with Crippen LogP contribution in [-0.2, 0) is 4.79 Å². The third-order valence-electron chi connectivity index (χ3n) is 5.03. The highest BCUT2D eigenvalue weighted by atomic mass is 127. The number of rotatable bonds is 5. The van der Waals surface area contributed by atoms with Crippen molar-refractivity contribution in [1.82, 2.24) is 10.6 Å². The Morgan fingerprint density at radius 1 is 1.31 bits per heavy atom. The van der Waals surface area contributed by atoms with Gasteiger partial charge in [0.2, 0.25) is 5.91 Å². The highest BCUT2D eigenvalue weighted by Gasteiger charge is 2.31. The number of para-hydroxylation sites is 1. The Morgan fingerprint density at radius 2 is 2.04 bits per heavy atom. The summed E-state index contributed by atoms with van der Waals surface area (Å²) in [6.07, 6.45) is 4.26. The largest absolute Gasteiger partial charge is 0.388 e. The summed E-state index contributed by atoms with van der Waals surface area (Å²) >= 11 is 0. The van der Waals surface area contributed by atoms with Gasteiger partial charge in [0.05, 0.1) is 12.1 Å². The summed E-state index contributed by atoms with van der Waals surface area (Å²) in [6, 6.07) is 7.93. The molecule has 3 rings (SSSR count). The first-order chi connectivity index (χ1) is 12.1. The van der Waals surface area contributed by atoms with Crippen molar-refractivity contribution in [1.29, 1.82) is 0 Å². The molecule has 1 aliphatic carbocycles. The lowest BCUT2D eigenvalue weighted by molar-refractivity contribution is -0.116. The molecule has 1 saturated carbocycles. The third-order valence-corrected chi connectivity index (χ3v) is 5.03. The average Bonchev–Trinajstić information content (AvgIpc) is 3.04. The summed E-state index contributed by atoms with van der Waals surface area (Å²) in [5, 5.41) is 20.0. The highest BCUT2D eigenvalue weighted by Crippen LogP contribution is 2.31. The van der Waals surface area contributed by atoms with Crippen LogP contribution in [0.4, 0.5) is 5.69 Å². The van der Waals surface area contributed by atoms with Gasteiger partial charge >= 0.3 is 0 Å². The molecule has 1 unspecified atom stereocenters. The molecule has 1 amide bonds. The normalized spacial score (nSPS) is 21.4. The number of hydrogen-bond acceptors (Lipinski definition) is 3. The van der Waals surface area contributed by atoms with Crippen LogP contribution in [-0.4, -0.2) is 42.2 Å². The van der Waals surface area contributed by atoms with Gasteiger partial charge in [-0.05, 0) is 31.4 Å². The molecule has 6 nitrogen and oxygen atoms in total. The molecule has 1 heterocycles. The molecule has 0 aromatic heterocycles. The van der Waals surface area contributed by atoms with Gasteiger partial charge in [-0.15, -0.1) is 24.0 Å². The van der Waals surface area contributed by atoms with E-state index in [1.165, 1.54) is 0 Å². The van der Waals surface area contributed by atoms with Crippen LogP contribution >= 0.6 is 24.0 Å². The van der Waals surface area contributed by atoms with Crippen LogP contribution in [0.3, 0.4) is 0 Å². The first kappa shape index (κ1) is 21.0. The number of halogens is 1. The number of carbonyl (C=O) groups is 1. The van der Waals surface area contributed by atoms with Gasteiger partial charge in [0, 0.05) is 31.1 Å². The number of aliphatic imine (C=N–C) groups is 1. The molecule has 4 N–H and O–H groups in total. The number of carbonyl (C=O) groups excluding carboxylic acids is 1. The van der Waals surface area contributed by atoms with Gasteiger partial charge < -0.3 is 21.1 Å². The standard InChI is InChI=1S/C19H28N4O2.HI/c1-2-20-18(22-13-19(25)9-5-6-10-19)21-12-14-11-17(24)23-16-8-4-3-7-15(14)16;/h3-4,7-8,14,25H,2,5-6,9-13H2,1H3,(H,23,24)(H2,20,21,22);1H. The van der Waals surface area contributed by atoms with Crippen molar-refractivity contribution < 1.29 is 9.90 Å². The lowest BCUT2D eigenvalue weighted by Crippen LogP contribution is -2.42. The number of anilines is 1. The predicted molar refractivity (Wildman–Crippen MR) is 115 cm³/mol. The van der Waals surface area contributed by atoms with E-state index >= 15 is 0 Å². The molecule has 0 spiro atoms. The molecular weight excluding hydrogens is 443 g/mol. The number of aliphatic hydroxyl groups is 1. The van der Waals surface area contributed by atoms with Crippen LogP contribution in [0.1, 0.15) is 50.5 Å². The zero-order valence-electron chi connectivity index (χ0n) is 15.3. The third kappa shape index (κ3) is 5.33. The summed E-state index contributed by atoms with van der Waals surface area (Å²) in [4.78, 5) is 16.5. The van der Waals surface area contributed by atoms with Crippen LogP contribution in [0.2, 0.25) is 0 Å². The maximum Gasteiger partial charge on any atom is 0.225 e. The monoisotopic (exact) mass is 472 g/mol. The second-order valence-electron chi connectivity index (χ2n) is 7.04. The molecule has 1 atom stereocenters. The number of benzene rings is 1. The van der Waals surface area contributed by atoms with Gasteiger partial charge in [-0.3, -0.25) is 9.79 Å². The van der Waals surface area contributed by atoms with Gasteiger partial charge in [0.15, 0.2) is 5.96 Å². The summed E-state index contributed by atoms with van der Waals surface area (Å²) in [5.41, 5.74) is 1.40. The minimum Gasteiger partial charge on any atom is -0.388 e. The Labute approximate surface area is 172 Å². The molecule has 1 aliphatic heterocycles. The van der Waals surface area contributed by atoms with Gasteiger partial charge in [-0.2, -0.15) is 0 Å². The van der Waals surface area contributed by atoms with Crippen LogP contribution in [0, 0.1) is 0 Å². The predicted octanol–water partition coefficient (Wildman–Crippen LogP) is 2.59. The van der Waals surface area contributed by atoms with E-state index < -0.39 is 5.60 Å². The Balaban J connectivity index is 0.00000243. The van der Waals surface area contributed by atoms with Crippen molar-refractivity contribution in [2.75, 3.05) is 25.0 Å². The lowest BCUT2D eigenvalue weighted by Gasteiger charge is -2.26. The van der Waals surface area contributed by atoms with Crippen molar-refractivity contribution >= 4 is 41.5 Å². The minimum absolute atomic E-state index is 0. The number of hydrogen-bond donors (Lipinski definition) is 4. The van der Waals surface area contributed by atoms with Crippen LogP contribution in [0.15, 0.2) is 29.3 Å². The van der Waals surface area contributed by atoms with E-state index in [0.29, 0.717) is 25.5 Å². The number of fused-ring (bicyclic) bond motifs is 1. The Morgan fingerprint density at radius 3 is 2.77 bits per heavy atom. The molecule has 144 valence electrons. The maximum atomic E-state index is 11.9. The lowest BCUT2D eigenvalue weighted by atomic mass is 9.90. The number of nitrogens with one attached hydrogen (secondary N) is 3. The topological polar surface area (TPSA) is 85.8 Å². The summed E-state index contributed by atoms with van der Waals surface area (Å²) in [7, 11) is 0. The van der Waals surface area contributed by atoms with Gasteiger partial charge in [-0.1, -0.05) is 31.0 Å². The van der Waals surface area contributed by atoms with Crippen molar-refractivity contribution in [2.24, 2.45) is 4.99 Å². The average molecular weight is 472 g/mol. The Bertz CT molecular complexity index is 644. The number of nitrogens with zero attached hydrogens (tertiary/aromatic N) is 1. The molecule has 0 bridgehead atoms. The summed E-state index contributed by atoms with van der Waals surface area (Å²) in [5.74, 6) is 0.863. The van der Waals surface area contributed by atoms with Crippen LogP contribution in [0.25, 0.3) is 0 Å². The molecule has 1 fully saturated rings. The molecule has 0 saturated heterocycles. The quantitative estimate of drug-likeness (QED) is 0.302. The van der Waals surface area contributed by atoms with E-state index in [9.17, 15) is 9.90 Å². The van der Waals surface area contributed by atoms with Crippen molar-refractivity contribution in [3.63, 3.8) is 0 Å². The number of guanidine groups is 1. The van der Waals surface area contributed by atoms with Crippen molar-refractivity contribution in [3.8, 4) is 0 Å². The van der Waals surface area contributed by atoms with Gasteiger partial charge in [-0.25, -0.2) is 0 Å². The van der Waals surface area contributed by atoms with Crippen LogP contribution < -0.4 is 16.0 Å². The van der Waals surface area contributed by atoms with Crippen molar-refractivity contribution in [3.05, 3.63) is 29.8 Å². The minimum atomic E-state index is -0.653. The molecule has 1 aromatic carbocycles. The van der Waals surface area contributed by atoms with Gasteiger partial charge in [0.25, 0.3) is 0 Å². The maximum absolute atomic E-state index is 11.9. The molecule has 7 heteroatoms. The smallest absolute Gasteiger partial charge is 0.225 e. The zero-order valence-corrected chi connectivity index (χ0v) is 17.6. The Hall–Kier alpha value is -1.35. The number of amides is 1. The first-order valence-electron chi connectivity index (χ1n) is 9.23. The van der Waals surface area contributed by atoms with E-state index in [4.69, 9.17) is 0 Å². The fourth-order valence-corrected chi connectivity index (χ4v) is 3.66. The highest BCUT2D eigenvalue weighted by molar-refractivity contribution is 14.0. The van der Waals surface area contributed by atoms with Crippen LogP contribution in [0.5, 0.6) is 0 Å². The van der Waals surface area contributed by atoms with E-state index in [2.05, 4.69) is 27.0 Å². The van der Waals surface area contributed by atoms with Gasteiger partial charge in [0.1, 0.15) is 0 Å². The zero-order chi connectivity index (χ0) is 17.7. The molecule has 0 radical (unpaired) electrons. The molecule has 26 heavy (non-hydrogen) atoms. The van der Waals surface area contributed by atoms with Crippen molar-refractivity contribution in [2.45, 2.75) is 50.5 Å². The molecular formula is C19H29IN4O2. The second kappa shape index (κ2) is 9.55. The first-order valence-corrected chi connectivity index (χ1v) is 9.23. The summed E-state index contributed by atoms with van der Waals surface area (Å²) < 4.78 is 0. The van der Waals surface area contributed by atoms with E-state index in [1.54, 1.807) is 0 Å². The van der Waals surface area contributed by atoms with E-state index in [1.807, 2.05) is 25.1 Å². The Kier molecular flexibility index (Phi) is 7.69. The van der Waals surface area contributed by atoms with E-state index in [0.717, 1.165) is 43.5 Å². The second-order valence-corrected chi connectivity index (χ2v) is 7.04. The molecule has 2 aliphatic rings. The summed E-state index contributed by atoms with van der Waals surface area (Å²) in [6.45, 7) is 3.83. The van der Waals surface area contributed by atoms with E-state index in [-0.39, 0.29) is 35.8 Å². The SMILES string of the molecule is CCNC(=NCC1(O)CCCC1)NCC1CC(=O)Nc2ccccc21.I.